The van der Waals surface area contributed by atoms with E-state index in [2.05, 4.69) is 5.32 Å². The van der Waals surface area contributed by atoms with E-state index < -0.39 is 29.8 Å². The highest BCUT2D eigenvalue weighted by Crippen LogP contribution is 2.36. The van der Waals surface area contributed by atoms with Crippen LogP contribution in [0.1, 0.15) is 22.7 Å². The number of carbonyl (C=O) groups excluding carboxylic acids is 1. The molecule has 2 aromatic rings. The van der Waals surface area contributed by atoms with Crippen molar-refractivity contribution in [2.75, 3.05) is 0 Å². The molecule has 0 heterocycles. The van der Waals surface area contributed by atoms with Crippen LogP contribution in [-0.4, -0.2) is 17.2 Å². The van der Waals surface area contributed by atoms with E-state index in [1.54, 1.807) is 0 Å². The molecule has 0 radical (unpaired) electrons. The second kappa shape index (κ2) is 6.70. The normalized spacial score (nSPS) is 18.7. The van der Waals surface area contributed by atoms with Gasteiger partial charge in [-0.25, -0.2) is 9.18 Å². The molecule has 6 heteroatoms. The molecule has 24 heavy (non-hydrogen) atoms. The lowest BCUT2D eigenvalue weighted by molar-refractivity contribution is -0.142. The molecule has 2 atom stereocenters. The molecule has 0 unspecified atom stereocenters. The van der Waals surface area contributed by atoms with Gasteiger partial charge in [0.2, 0.25) is 0 Å². The molecule has 1 aliphatic carbocycles. The van der Waals surface area contributed by atoms with Gasteiger partial charge in [-0.05, 0) is 35.2 Å². The third-order valence-corrected chi connectivity index (χ3v) is 4.09. The van der Waals surface area contributed by atoms with Crippen LogP contribution < -0.4 is 5.32 Å². The SMILES string of the molecule is O=C(N[C@H]1c2ccc(F)cc2C[C@H]1C(=O)O)OCc1ccccc1. The topological polar surface area (TPSA) is 75.6 Å². The van der Waals surface area contributed by atoms with E-state index >= 15 is 0 Å². The van der Waals surface area contributed by atoms with Crippen LogP contribution in [0.2, 0.25) is 0 Å². The molecule has 0 saturated carbocycles. The van der Waals surface area contributed by atoms with Crippen molar-refractivity contribution in [1.29, 1.82) is 0 Å². The molecular weight excluding hydrogens is 313 g/mol. The molecule has 0 aromatic heterocycles. The van der Waals surface area contributed by atoms with Crippen molar-refractivity contribution < 1.29 is 23.8 Å². The fourth-order valence-corrected chi connectivity index (χ4v) is 2.93. The fourth-order valence-electron chi connectivity index (χ4n) is 2.93. The quantitative estimate of drug-likeness (QED) is 0.904. The Bertz CT molecular complexity index is 763. The standard InChI is InChI=1S/C18H16FNO4/c19-13-6-7-14-12(8-13)9-15(17(21)22)16(14)20-18(23)24-10-11-4-2-1-3-5-11/h1-8,15-16H,9-10H2,(H,20,23)(H,21,22)/t15-,16+/m1/s1. The number of carboxylic acids is 1. The van der Waals surface area contributed by atoms with Gasteiger partial charge in [-0.2, -0.15) is 0 Å². The van der Waals surface area contributed by atoms with Crippen LogP contribution in [0.25, 0.3) is 0 Å². The van der Waals surface area contributed by atoms with E-state index in [4.69, 9.17) is 4.74 Å². The Balaban J connectivity index is 1.70. The summed E-state index contributed by atoms with van der Waals surface area (Å²) in [6.45, 7) is 0.0907. The number of hydrogen-bond acceptors (Lipinski definition) is 3. The molecule has 0 saturated heterocycles. The first-order chi connectivity index (χ1) is 11.5. The number of aliphatic carboxylic acids is 1. The third-order valence-electron chi connectivity index (χ3n) is 4.09. The van der Waals surface area contributed by atoms with Gasteiger partial charge in [0.05, 0.1) is 12.0 Å². The molecule has 0 aliphatic heterocycles. The Labute approximate surface area is 138 Å². The average molecular weight is 329 g/mol. The van der Waals surface area contributed by atoms with Crippen molar-refractivity contribution in [3.63, 3.8) is 0 Å². The molecule has 3 rings (SSSR count). The van der Waals surface area contributed by atoms with Crippen LogP contribution in [0, 0.1) is 11.7 Å². The van der Waals surface area contributed by atoms with Gasteiger partial charge in [0.25, 0.3) is 0 Å². The number of benzene rings is 2. The molecule has 2 aromatic carbocycles. The van der Waals surface area contributed by atoms with Crippen molar-refractivity contribution in [3.05, 3.63) is 71.0 Å². The molecule has 5 nitrogen and oxygen atoms in total. The minimum absolute atomic E-state index is 0.0907. The highest BCUT2D eigenvalue weighted by Gasteiger charge is 2.38. The van der Waals surface area contributed by atoms with Crippen molar-refractivity contribution in [1.82, 2.24) is 5.32 Å². The lowest BCUT2D eigenvalue weighted by Crippen LogP contribution is -2.34. The first-order valence-corrected chi connectivity index (χ1v) is 7.53. The first-order valence-electron chi connectivity index (χ1n) is 7.53. The van der Waals surface area contributed by atoms with Crippen LogP contribution in [0.5, 0.6) is 0 Å². The van der Waals surface area contributed by atoms with Gasteiger partial charge in [0.1, 0.15) is 12.4 Å². The summed E-state index contributed by atoms with van der Waals surface area (Å²) >= 11 is 0. The highest BCUT2D eigenvalue weighted by atomic mass is 19.1. The monoisotopic (exact) mass is 329 g/mol. The molecular formula is C18H16FNO4. The Hall–Kier alpha value is -2.89. The molecule has 1 amide bonds. The molecule has 124 valence electrons. The van der Waals surface area contributed by atoms with E-state index in [1.165, 1.54) is 18.2 Å². The van der Waals surface area contributed by atoms with Crippen molar-refractivity contribution in [2.24, 2.45) is 5.92 Å². The van der Waals surface area contributed by atoms with Gasteiger partial charge in [-0.1, -0.05) is 36.4 Å². The summed E-state index contributed by atoms with van der Waals surface area (Å²) in [5, 5.41) is 12.0. The second-order valence-corrected chi connectivity index (χ2v) is 5.68. The van der Waals surface area contributed by atoms with Gasteiger partial charge >= 0.3 is 12.1 Å². The van der Waals surface area contributed by atoms with Gasteiger partial charge in [0.15, 0.2) is 0 Å². The summed E-state index contributed by atoms with van der Waals surface area (Å²) in [6, 6.07) is 12.5. The minimum Gasteiger partial charge on any atom is -0.481 e. The number of fused-ring (bicyclic) bond motifs is 1. The molecule has 0 bridgehead atoms. The fraction of sp³-hybridized carbons (Fsp3) is 0.222. The van der Waals surface area contributed by atoms with Crippen LogP contribution in [0.4, 0.5) is 9.18 Å². The number of halogens is 1. The maximum atomic E-state index is 13.3. The third kappa shape index (κ3) is 3.37. The lowest BCUT2D eigenvalue weighted by Gasteiger charge is -2.18. The zero-order valence-corrected chi connectivity index (χ0v) is 12.7. The molecule has 1 aliphatic rings. The Morgan fingerprint density at radius 2 is 1.96 bits per heavy atom. The van der Waals surface area contributed by atoms with Gasteiger partial charge in [-0.3, -0.25) is 4.79 Å². The maximum absolute atomic E-state index is 13.3. The van der Waals surface area contributed by atoms with Crippen LogP contribution in [-0.2, 0) is 22.6 Å². The second-order valence-electron chi connectivity index (χ2n) is 5.68. The van der Waals surface area contributed by atoms with E-state index in [1.807, 2.05) is 30.3 Å². The van der Waals surface area contributed by atoms with Gasteiger partial charge in [-0.15, -0.1) is 0 Å². The van der Waals surface area contributed by atoms with Gasteiger partial charge < -0.3 is 15.2 Å². The predicted molar refractivity (Wildman–Crippen MR) is 83.7 cm³/mol. The number of ether oxygens (including phenoxy) is 1. The highest BCUT2D eigenvalue weighted by molar-refractivity contribution is 5.76. The predicted octanol–water partition coefficient (Wildman–Crippen LogP) is 3.05. The van der Waals surface area contributed by atoms with E-state index in [0.717, 1.165) is 5.56 Å². The zero-order valence-electron chi connectivity index (χ0n) is 12.7. The summed E-state index contributed by atoms with van der Waals surface area (Å²) < 4.78 is 18.5. The summed E-state index contributed by atoms with van der Waals surface area (Å²) in [6.07, 6.45) is -0.529. The van der Waals surface area contributed by atoms with Crippen LogP contribution in [0.3, 0.4) is 0 Å². The average Bonchev–Trinajstić information content (AvgIpc) is 2.92. The van der Waals surface area contributed by atoms with Gasteiger partial charge in [0, 0.05) is 0 Å². The maximum Gasteiger partial charge on any atom is 0.407 e. The summed E-state index contributed by atoms with van der Waals surface area (Å²) in [5.41, 5.74) is 2.03. The number of alkyl carbamates (subject to hydrolysis) is 1. The number of carbonyl (C=O) groups is 2. The number of amides is 1. The van der Waals surface area contributed by atoms with Crippen molar-refractivity contribution >= 4 is 12.1 Å². The molecule has 2 N–H and O–H groups in total. The summed E-state index contributed by atoms with van der Waals surface area (Å²) in [4.78, 5) is 23.5. The molecule has 0 spiro atoms. The largest absolute Gasteiger partial charge is 0.481 e. The minimum atomic E-state index is -1.04. The van der Waals surface area contributed by atoms with Crippen molar-refractivity contribution in [2.45, 2.75) is 19.1 Å². The Morgan fingerprint density at radius 3 is 2.67 bits per heavy atom. The first kappa shape index (κ1) is 16.0. The Morgan fingerprint density at radius 1 is 1.21 bits per heavy atom. The number of hydrogen-bond donors (Lipinski definition) is 2. The van der Waals surface area contributed by atoms with Crippen LogP contribution in [0.15, 0.2) is 48.5 Å². The lowest BCUT2D eigenvalue weighted by atomic mass is 10.0. The van der Waals surface area contributed by atoms with Crippen LogP contribution >= 0.6 is 0 Å². The number of nitrogens with one attached hydrogen (secondary N) is 1. The summed E-state index contributed by atoms with van der Waals surface area (Å²) in [5.74, 6) is -2.31. The van der Waals surface area contributed by atoms with E-state index in [-0.39, 0.29) is 13.0 Å². The smallest absolute Gasteiger partial charge is 0.407 e. The van der Waals surface area contributed by atoms with E-state index in [0.29, 0.717) is 11.1 Å². The number of carboxylic acid groups (broad SMARTS) is 1. The Kier molecular flexibility index (Phi) is 4.46. The van der Waals surface area contributed by atoms with Crippen molar-refractivity contribution in [3.8, 4) is 0 Å². The molecule has 0 fully saturated rings. The zero-order chi connectivity index (χ0) is 17.1. The summed E-state index contributed by atoms with van der Waals surface area (Å²) in [7, 11) is 0. The van der Waals surface area contributed by atoms with E-state index in [9.17, 15) is 19.1 Å². The number of rotatable bonds is 4.